The van der Waals surface area contributed by atoms with Crippen LogP contribution in [0.15, 0.2) is 24.3 Å². The zero-order valence-corrected chi connectivity index (χ0v) is 12.4. The van der Waals surface area contributed by atoms with Crippen LogP contribution in [-0.4, -0.2) is 35.0 Å². The molecule has 0 radical (unpaired) electrons. The van der Waals surface area contributed by atoms with Crippen LogP contribution in [0.5, 0.6) is 0 Å². The first-order valence-corrected chi connectivity index (χ1v) is 7.34. The van der Waals surface area contributed by atoms with Crippen molar-refractivity contribution in [2.75, 3.05) is 13.1 Å². The lowest BCUT2D eigenvalue weighted by Crippen LogP contribution is -2.46. The number of aliphatic hydroxyl groups excluding tert-OH is 1. The van der Waals surface area contributed by atoms with Crippen molar-refractivity contribution < 1.29 is 9.90 Å². The summed E-state index contributed by atoms with van der Waals surface area (Å²) in [6, 6.07) is 6.83. The van der Waals surface area contributed by atoms with E-state index in [0.29, 0.717) is 18.1 Å². The van der Waals surface area contributed by atoms with Crippen molar-refractivity contribution in [3.63, 3.8) is 0 Å². The number of hydrogen-bond acceptors (Lipinski definition) is 3. The second-order valence-electron chi connectivity index (χ2n) is 5.45. The molecule has 1 aromatic carbocycles. The molecule has 1 aliphatic rings. The van der Waals surface area contributed by atoms with E-state index in [1.54, 1.807) is 24.0 Å². The molecule has 1 amide bonds. The number of carbonyl (C=O) groups excluding carboxylic acids is 1. The second kappa shape index (κ2) is 6.57. The van der Waals surface area contributed by atoms with Crippen LogP contribution in [0.1, 0.15) is 31.4 Å². The fourth-order valence-corrected chi connectivity index (χ4v) is 2.78. The minimum absolute atomic E-state index is 0.00978. The quantitative estimate of drug-likeness (QED) is 0.896. The van der Waals surface area contributed by atoms with Crippen LogP contribution in [0, 0.1) is 5.92 Å². The van der Waals surface area contributed by atoms with Crippen molar-refractivity contribution >= 4 is 17.5 Å². The number of likely N-dealkylation sites (tertiary alicyclic amines) is 1. The lowest BCUT2D eigenvalue weighted by Gasteiger charge is -2.35. The number of halogens is 1. The van der Waals surface area contributed by atoms with Gasteiger partial charge in [0.1, 0.15) is 0 Å². The van der Waals surface area contributed by atoms with Gasteiger partial charge in [-0.3, -0.25) is 4.79 Å². The third-order valence-corrected chi connectivity index (χ3v) is 4.15. The molecule has 0 aromatic heterocycles. The monoisotopic (exact) mass is 296 g/mol. The number of nitrogens with zero attached hydrogens (tertiary/aromatic N) is 1. The standard InChI is InChI=1S/C15H21ClN2O2/c1-10(17)15(20)18-8-6-12(7-9-18)14(19)11-2-4-13(16)5-3-11/h2-5,10,12,14,19H,6-9,17H2,1H3/t10-,14?/m0/s1. The van der Waals surface area contributed by atoms with Crippen LogP contribution in [0.3, 0.4) is 0 Å². The molecular formula is C15H21ClN2O2. The van der Waals surface area contributed by atoms with Crippen molar-refractivity contribution in [1.29, 1.82) is 0 Å². The van der Waals surface area contributed by atoms with E-state index in [0.717, 1.165) is 18.4 Å². The molecule has 0 aliphatic carbocycles. The predicted molar refractivity (Wildman–Crippen MR) is 79.4 cm³/mol. The van der Waals surface area contributed by atoms with Crippen molar-refractivity contribution in [2.24, 2.45) is 11.7 Å². The summed E-state index contributed by atoms with van der Waals surface area (Å²) in [5.41, 5.74) is 6.49. The van der Waals surface area contributed by atoms with Gasteiger partial charge in [0.05, 0.1) is 12.1 Å². The highest BCUT2D eigenvalue weighted by Crippen LogP contribution is 2.31. The molecule has 0 bridgehead atoms. The summed E-state index contributed by atoms with van der Waals surface area (Å²) in [5, 5.41) is 11.1. The lowest BCUT2D eigenvalue weighted by atomic mass is 9.87. The molecule has 110 valence electrons. The number of benzene rings is 1. The molecule has 1 saturated heterocycles. The van der Waals surface area contributed by atoms with Crippen LogP contribution < -0.4 is 5.73 Å². The molecule has 5 heteroatoms. The summed E-state index contributed by atoms with van der Waals surface area (Å²) in [6.07, 6.45) is 1.09. The maximum atomic E-state index is 11.8. The van der Waals surface area contributed by atoms with E-state index < -0.39 is 12.1 Å². The first-order chi connectivity index (χ1) is 9.49. The highest BCUT2D eigenvalue weighted by molar-refractivity contribution is 6.30. The van der Waals surface area contributed by atoms with Crippen LogP contribution in [0.25, 0.3) is 0 Å². The van der Waals surface area contributed by atoms with Crippen LogP contribution >= 0.6 is 11.6 Å². The predicted octanol–water partition coefficient (Wildman–Crippen LogP) is 1.96. The normalized spacial score (nSPS) is 19.7. The van der Waals surface area contributed by atoms with E-state index in [-0.39, 0.29) is 11.8 Å². The second-order valence-corrected chi connectivity index (χ2v) is 5.88. The molecule has 1 aromatic rings. The zero-order chi connectivity index (χ0) is 14.7. The molecule has 1 aliphatic heterocycles. The average molecular weight is 297 g/mol. The Morgan fingerprint density at radius 2 is 1.90 bits per heavy atom. The van der Waals surface area contributed by atoms with E-state index in [4.69, 9.17) is 17.3 Å². The SMILES string of the molecule is C[C@H](N)C(=O)N1CCC(C(O)c2ccc(Cl)cc2)CC1. The molecule has 3 N–H and O–H groups in total. The number of carbonyl (C=O) groups is 1. The largest absolute Gasteiger partial charge is 0.388 e. The molecule has 20 heavy (non-hydrogen) atoms. The minimum Gasteiger partial charge on any atom is -0.388 e. The van der Waals surface area contributed by atoms with Crippen molar-refractivity contribution in [3.05, 3.63) is 34.9 Å². The van der Waals surface area contributed by atoms with E-state index >= 15 is 0 Å². The maximum Gasteiger partial charge on any atom is 0.239 e. The van der Waals surface area contributed by atoms with E-state index in [2.05, 4.69) is 0 Å². The van der Waals surface area contributed by atoms with Gasteiger partial charge in [0.15, 0.2) is 0 Å². The third-order valence-electron chi connectivity index (χ3n) is 3.90. The summed E-state index contributed by atoms with van der Waals surface area (Å²) in [7, 11) is 0. The third kappa shape index (κ3) is 3.51. The smallest absolute Gasteiger partial charge is 0.239 e. The highest BCUT2D eigenvalue weighted by Gasteiger charge is 2.29. The Labute approximate surface area is 124 Å². The van der Waals surface area contributed by atoms with Crippen LogP contribution in [-0.2, 0) is 4.79 Å². The van der Waals surface area contributed by atoms with Gasteiger partial charge in [-0.25, -0.2) is 0 Å². The lowest BCUT2D eigenvalue weighted by molar-refractivity contribution is -0.134. The first-order valence-electron chi connectivity index (χ1n) is 6.97. The number of amides is 1. The van der Waals surface area contributed by atoms with Gasteiger partial charge in [-0.2, -0.15) is 0 Å². The van der Waals surface area contributed by atoms with Gasteiger partial charge in [0.2, 0.25) is 5.91 Å². The van der Waals surface area contributed by atoms with Crippen molar-refractivity contribution in [2.45, 2.75) is 31.9 Å². The fraction of sp³-hybridized carbons (Fsp3) is 0.533. The number of nitrogens with two attached hydrogens (primary N) is 1. The Bertz CT molecular complexity index is 453. The Kier molecular flexibility index (Phi) is 5.02. The summed E-state index contributed by atoms with van der Waals surface area (Å²) in [5.74, 6) is 0.165. The fourth-order valence-electron chi connectivity index (χ4n) is 2.66. The summed E-state index contributed by atoms with van der Waals surface area (Å²) in [4.78, 5) is 13.6. The number of rotatable bonds is 3. The van der Waals surface area contributed by atoms with Gasteiger partial charge in [0.25, 0.3) is 0 Å². The Balaban J connectivity index is 1.93. The molecule has 2 atom stereocenters. The summed E-state index contributed by atoms with van der Waals surface area (Å²) >= 11 is 5.85. The van der Waals surface area contributed by atoms with E-state index in [1.807, 2.05) is 12.1 Å². The van der Waals surface area contributed by atoms with Gasteiger partial charge < -0.3 is 15.7 Å². The molecular weight excluding hydrogens is 276 g/mol. The molecule has 2 rings (SSSR count). The molecule has 1 unspecified atom stereocenters. The van der Waals surface area contributed by atoms with Gasteiger partial charge in [-0.05, 0) is 43.4 Å². The average Bonchev–Trinajstić information content (AvgIpc) is 2.46. The number of aliphatic hydroxyl groups is 1. The van der Waals surface area contributed by atoms with Crippen LogP contribution in [0.4, 0.5) is 0 Å². The molecule has 0 spiro atoms. The molecule has 0 saturated carbocycles. The molecule has 1 heterocycles. The number of hydrogen-bond donors (Lipinski definition) is 2. The Hall–Kier alpha value is -1.10. The van der Waals surface area contributed by atoms with Gasteiger partial charge in [-0.1, -0.05) is 23.7 Å². The van der Waals surface area contributed by atoms with Crippen molar-refractivity contribution in [1.82, 2.24) is 4.90 Å². The molecule has 4 nitrogen and oxygen atoms in total. The summed E-state index contributed by atoms with van der Waals surface area (Å²) < 4.78 is 0. The van der Waals surface area contributed by atoms with Crippen molar-refractivity contribution in [3.8, 4) is 0 Å². The van der Waals surface area contributed by atoms with E-state index in [1.165, 1.54) is 0 Å². The highest BCUT2D eigenvalue weighted by atomic mass is 35.5. The van der Waals surface area contributed by atoms with Gasteiger partial charge in [0, 0.05) is 18.1 Å². The first kappa shape index (κ1) is 15.3. The minimum atomic E-state index is -0.500. The Morgan fingerprint density at radius 3 is 2.40 bits per heavy atom. The summed E-state index contributed by atoms with van der Waals surface area (Å²) in [6.45, 7) is 3.03. The Morgan fingerprint density at radius 1 is 1.35 bits per heavy atom. The van der Waals surface area contributed by atoms with Gasteiger partial charge in [-0.15, -0.1) is 0 Å². The van der Waals surface area contributed by atoms with E-state index in [9.17, 15) is 9.90 Å². The maximum absolute atomic E-state index is 11.8. The molecule has 1 fully saturated rings. The van der Waals surface area contributed by atoms with Gasteiger partial charge >= 0.3 is 0 Å². The zero-order valence-electron chi connectivity index (χ0n) is 11.6. The number of piperidine rings is 1. The topological polar surface area (TPSA) is 66.6 Å². The van der Waals surface area contributed by atoms with Crippen LogP contribution in [0.2, 0.25) is 5.02 Å².